The van der Waals surface area contributed by atoms with E-state index < -0.39 is 0 Å². The van der Waals surface area contributed by atoms with Crippen molar-refractivity contribution < 1.29 is 13.9 Å². The predicted molar refractivity (Wildman–Crippen MR) is 103 cm³/mol. The van der Waals surface area contributed by atoms with Crippen LogP contribution >= 0.6 is 0 Å². The summed E-state index contributed by atoms with van der Waals surface area (Å²) in [6.07, 6.45) is 2.22. The van der Waals surface area contributed by atoms with Gasteiger partial charge in [-0.05, 0) is 36.8 Å². The molecule has 1 atom stereocenters. The number of hydrogen-bond acceptors (Lipinski definition) is 4. The van der Waals surface area contributed by atoms with Gasteiger partial charge in [0.1, 0.15) is 17.6 Å². The Morgan fingerprint density at radius 1 is 1.11 bits per heavy atom. The summed E-state index contributed by atoms with van der Waals surface area (Å²) in [6.45, 7) is 1.97. The van der Waals surface area contributed by atoms with Gasteiger partial charge in [0.2, 0.25) is 0 Å². The molecule has 0 radical (unpaired) electrons. The molecule has 0 N–H and O–H groups in total. The SMILES string of the molecule is Cc1ccc(C2=NN(C(=O)COc3ccccc3)[C@@H](c3ccco3)C2)cc1. The van der Waals surface area contributed by atoms with Gasteiger partial charge in [-0.1, -0.05) is 48.0 Å². The molecule has 3 aromatic rings. The summed E-state index contributed by atoms with van der Waals surface area (Å²) >= 11 is 0. The van der Waals surface area contributed by atoms with Crippen molar-refractivity contribution in [3.05, 3.63) is 89.9 Å². The second-order valence-electron chi connectivity index (χ2n) is 6.49. The molecule has 1 aliphatic heterocycles. The van der Waals surface area contributed by atoms with Gasteiger partial charge in [-0.25, -0.2) is 5.01 Å². The molecule has 0 bridgehead atoms. The van der Waals surface area contributed by atoms with E-state index in [1.54, 1.807) is 6.26 Å². The van der Waals surface area contributed by atoms with E-state index in [2.05, 4.69) is 5.10 Å². The van der Waals surface area contributed by atoms with Crippen molar-refractivity contribution in [2.45, 2.75) is 19.4 Å². The first-order valence-corrected chi connectivity index (χ1v) is 8.88. The lowest BCUT2D eigenvalue weighted by atomic mass is 10.0. The number of carbonyl (C=O) groups is 1. The fourth-order valence-electron chi connectivity index (χ4n) is 3.09. The topological polar surface area (TPSA) is 55.0 Å². The number of benzene rings is 2. The second kappa shape index (κ2) is 7.50. The van der Waals surface area contributed by atoms with Crippen molar-refractivity contribution in [3.63, 3.8) is 0 Å². The molecule has 2 aromatic carbocycles. The summed E-state index contributed by atoms with van der Waals surface area (Å²) in [4.78, 5) is 12.8. The third-order valence-corrected chi connectivity index (χ3v) is 4.53. The van der Waals surface area contributed by atoms with Gasteiger partial charge in [0.05, 0.1) is 12.0 Å². The first kappa shape index (κ1) is 17.1. The van der Waals surface area contributed by atoms with Gasteiger partial charge in [0.15, 0.2) is 6.61 Å². The standard InChI is InChI=1S/C22H20N2O3/c1-16-9-11-17(12-10-16)19-14-20(21-8-5-13-26-21)24(23-19)22(25)15-27-18-6-3-2-4-7-18/h2-13,20H,14-15H2,1H3/t20-/m1/s1. The van der Waals surface area contributed by atoms with E-state index in [-0.39, 0.29) is 18.6 Å². The van der Waals surface area contributed by atoms with E-state index >= 15 is 0 Å². The molecule has 0 saturated heterocycles. The molecule has 0 fully saturated rings. The first-order valence-electron chi connectivity index (χ1n) is 8.88. The largest absolute Gasteiger partial charge is 0.484 e. The van der Waals surface area contributed by atoms with Crippen molar-refractivity contribution in [1.82, 2.24) is 5.01 Å². The molecular weight excluding hydrogens is 340 g/mol. The molecule has 136 valence electrons. The van der Waals surface area contributed by atoms with E-state index in [1.165, 1.54) is 10.6 Å². The van der Waals surface area contributed by atoms with Crippen LogP contribution in [0, 0.1) is 6.92 Å². The van der Waals surface area contributed by atoms with Crippen LogP contribution in [0.25, 0.3) is 0 Å². The fraction of sp³-hybridized carbons (Fsp3) is 0.182. The third-order valence-electron chi connectivity index (χ3n) is 4.53. The highest BCUT2D eigenvalue weighted by Gasteiger charge is 2.35. The van der Waals surface area contributed by atoms with Gasteiger partial charge in [0.25, 0.3) is 5.91 Å². The normalized spacial score (nSPS) is 16.3. The van der Waals surface area contributed by atoms with E-state index in [4.69, 9.17) is 9.15 Å². The number of para-hydroxylation sites is 1. The minimum atomic E-state index is -0.261. The van der Waals surface area contributed by atoms with Crippen LogP contribution in [0.15, 0.2) is 82.5 Å². The smallest absolute Gasteiger partial charge is 0.281 e. The summed E-state index contributed by atoms with van der Waals surface area (Å²) < 4.78 is 11.2. The molecule has 5 nitrogen and oxygen atoms in total. The first-order chi connectivity index (χ1) is 13.2. The molecule has 0 saturated carbocycles. The van der Waals surface area contributed by atoms with E-state index in [0.29, 0.717) is 17.9 Å². The highest BCUT2D eigenvalue weighted by atomic mass is 16.5. The van der Waals surface area contributed by atoms with Crippen molar-refractivity contribution >= 4 is 11.6 Å². The molecule has 0 unspecified atom stereocenters. The minimum absolute atomic E-state index is 0.0775. The molecule has 1 aliphatic rings. The lowest BCUT2D eigenvalue weighted by molar-refractivity contribution is -0.135. The minimum Gasteiger partial charge on any atom is -0.484 e. The number of hydrogen-bond donors (Lipinski definition) is 0. The molecular formula is C22H20N2O3. The van der Waals surface area contributed by atoms with E-state index in [9.17, 15) is 4.79 Å². The Morgan fingerprint density at radius 2 is 1.89 bits per heavy atom. The maximum absolute atomic E-state index is 12.8. The van der Waals surface area contributed by atoms with E-state index in [1.807, 2.05) is 73.7 Å². The van der Waals surface area contributed by atoms with Crippen LogP contribution in [0.4, 0.5) is 0 Å². The molecule has 27 heavy (non-hydrogen) atoms. The average molecular weight is 360 g/mol. The molecule has 5 heteroatoms. The zero-order valence-electron chi connectivity index (χ0n) is 15.0. The van der Waals surface area contributed by atoms with Crippen molar-refractivity contribution in [3.8, 4) is 5.75 Å². The summed E-state index contributed by atoms with van der Waals surface area (Å²) in [5.41, 5.74) is 3.06. The lowest BCUT2D eigenvalue weighted by Gasteiger charge is -2.19. The Morgan fingerprint density at radius 3 is 2.59 bits per heavy atom. The number of nitrogens with zero attached hydrogens (tertiary/aromatic N) is 2. The number of amides is 1. The molecule has 1 amide bonds. The zero-order chi connectivity index (χ0) is 18.6. The predicted octanol–water partition coefficient (Wildman–Crippen LogP) is 4.34. The Kier molecular flexibility index (Phi) is 4.75. The van der Waals surface area contributed by atoms with Crippen molar-refractivity contribution in [2.75, 3.05) is 6.61 Å². The molecule has 2 heterocycles. The van der Waals surface area contributed by atoms with Crippen LogP contribution in [0.3, 0.4) is 0 Å². The number of carbonyl (C=O) groups excluding carboxylic acids is 1. The van der Waals surface area contributed by atoms with Crippen molar-refractivity contribution in [2.24, 2.45) is 5.10 Å². The maximum atomic E-state index is 12.8. The summed E-state index contributed by atoms with van der Waals surface area (Å²) in [5.74, 6) is 1.17. The lowest BCUT2D eigenvalue weighted by Crippen LogP contribution is -2.31. The van der Waals surface area contributed by atoms with Gasteiger partial charge in [-0.2, -0.15) is 5.10 Å². The number of ether oxygens (including phenoxy) is 1. The Labute approximate surface area is 157 Å². The van der Waals surface area contributed by atoms with Gasteiger partial charge in [0, 0.05) is 6.42 Å². The highest BCUT2D eigenvalue weighted by molar-refractivity contribution is 6.03. The number of furan rings is 1. The number of aryl methyl sites for hydroxylation is 1. The van der Waals surface area contributed by atoms with Crippen molar-refractivity contribution in [1.29, 1.82) is 0 Å². The second-order valence-corrected chi connectivity index (χ2v) is 6.49. The maximum Gasteiger partial charge on any atom is 0.281 e. The zero-order valence-corrected chi connectivity index (χ0v) is 15.0. The quantitative estimate of drug-likeness (QED) is 0.680. The van der Waals surface area contributed by atoms with Gasteiger partial charge < -0.3 is 9.15 Å². The summed E-state index contributed by atoms with van der Waals surface area (Å²) in [7, 11) is 0. The molecule has 4 rings (SSSR count). The highest BCUT2D eigenvalue weighted by Crippen LogP contribution is 2.33. The average Bonchev–Trinajstić information content (AvgIpc) is 3.37. The van der Waals surface area contributed by atoms with Gasteiger partial charge in [-0.3, -0.25) is 4.79 Å². The monoisotopic (exact) mass is 360 g/mol. The molecule has 0 spiro atoms. The number of rotatable bonds is 5. The van der Waals surface area contributed by atoms with Crippen LogP contribution in [-0.2, 0) is 4.79 Å². The third kappa shape index (κ3) is 3.77. The van der Waals surface area contributed by atoms with Crippen LogP contribution in [0.2, 0.25) is 0 Å². The van der Waals surface area contributed by atoms with E-state index in [0.717, 1.165) is 11.3 Å². The van der Waals surface area contributed by atoms with Crippen LogP contribution in [0.1, 0.15) is 29.3 Å². The fourth-order valence-corrected chi connectivity index (χ4v) is 3.09. The molecule has 1 aromatic heterocycles. The Hall–Kier alpha value is -3.34. The summed E-state index contributed by atoms with van der Waals surface area (Å²) in [5, 5.41) is 6.08. The van der Waals surface area contributed by atoms with Crippen LogP contribution in [-0.4, -0.2) is 23.2 Å². The number of hydrazone groups is 1. The summed E-state index contributed by atoms with van der Waals surface area (Å²) in [6, 6.07) is 20.9. The van der Waals surface area contributed by atoms with Gasteiger partial charge in [-0.15, -0.1) is 0 Å². The van der Waals surface area contributed by atoms with Crippen LogP contribution < -0.4 is 4.74 Å². The Balaban J connectivity index is 1.55. The Bertz CT molecular complexity index is 931. The molecule has 0 aliphatic carbocycles. The van der Waals surface area contributed by atoms with Crippen LogP contribution in [0.5, 0.6) is 5.75 Å². The van der Waals surface area contributed by atoms with Gasteiger partial charge >= 0.3 is 0 Å².